The van der Waals surface area contributed by atoms with Crippen LogP contribution in [0.1, 0.15) is 6.42 Å². The molecular formula is C3H15NO4Si3. The predicted octanol–water partition coefficient (Wildman–Crippen LogP) is -4.00. The third-order valence-corrected chi connectivity index (χ3v) is 2.48. The van der Waals surface area contributed by atoms with Crippen LogP contribution in [0.3, 0.4) is 0 Å². The van der Waals surface area contributed by atoms with Crippen LogP contribution in [-0.2, 0) is 13.0 Å². The highest BCUT2D eigenvalue weighted by Gasteiger charge is 1.87. The minimum absolute atomic E-state index is 0.0694. The van der Waals surface area contributed by atoms with Gasteiger partial charge in [-0.15, -0.1) is 0 Å². The zero-order valence-corrected chi connectivity index (χ0v) is 12.3. The topological polar surface area (TPSA) is 81.8 Å². The largest absolute Gasteiger partial charge is 0.481 e. The van der Waals surface area contributed by atoms with E-state index in [1.54, 1.807) is 0 Å². The van der Waals surface area contributed by atoms with Crippen LogP contribution in [0.4, 0.5) is 0 Å². The Morgan fingerprint density at radius 1 is 1.55 bits per heavy atom. The molecule has 0 aliphatic rings. The lowest BCUT2D eigenvalue weighted by molar-refractivity contribution is -0.136. The van der Waals surface area contributed by atoms with Gasteiger partial charge >= 0.3 is 5.97 Å². The molecule has 11 heavy (non-hydrogen) atoms. The summed E-state index contributed by atoms with van der Waals surface area (Å²) in [7, 11) is 1.27. The molecule has 0 heterocycles. The van der Waals surface area contributed by atoms with Gasteiger partial charge in [0, 0.05) is 6.54 Å². The molecule has 0 aliphatic heterocycles. The van der Waals surface area contributed by atoms with Crippen molar-refractivity contribution in [1.82, 2.24) is 0 Å². The Bertz CT molecular complexity index is 90.7. The number of aliphatic carboxylic acids is 1. The molecular weight excluding hydrogens is 198 g/mol. The minimum atomic E-state index is -0.836. The lowest BCUT2D eigenvalue weighted by Crippen LogP contribution is -2.05. The molecule has 0 aliphatic carbocycles. The highest BCUT2D eigenvalue weighted by atomic mass is 28.3. The fraction of sp³-hybridized carbons (Fsp3) is 0.667. The Hall–Kier alpha value is 0.000649. The molecule has 68 valence electrons. The maximum atomic E-state index is 9.52. The average molecular weight is 213 g/mol. The quantitative estimate of drug-likeness (QED) is 0.465. The minimum Gasteiger partial charge on any atom is -0.481 e. The summed E-state index contributed by atoms with van der Waals surface area (Å²) in [5, 5.41) is 7.83. The van der Waals surface area contributed by atoms with Gasteiger partial charge < -0.3 is 19.1 Å². The molecule has 0 atom stereocenters. The van der Waals surface area contributed by atoms with E-state index in [4.69, 9.17) is 19.1 Å². The first-order valence-electron chi connectivity index (χ1n) is 3.08. The van der Waals surface area contributed by atoms with Crippen LogP contribution in [0.25, 0.3) is 0 Å². The molecule has 3 N–H and O–H groups in total. The SMILES string of the molecule is NCCC(=O)O.[SiH3]O[SiH2]O[SiH3]. The van der Waals surface area contributed by atoms with Crippen LogP contribution in [0.2, 0.25) is 0 Å². The second kappa shape index (κ2) is 12.7. The van der Waals surface area contributed by atoms with Crippen molar-refractivity contribution >= 4 is 36.9 Å². The van der Waals surface area contributed by atoms with Crippen LogP contribution >= 0.6 is 0 Å². The van der Waals surface area contributed by atoms with Gasteiger partial charge in [-0.1, -0.05) is 0 Å². The Balaban J connectivity index is 0. The van der Waals surface area contributed by atoms with Crippen molar-refractivity contribution in [1.29, 1.82) is 0 Å². The molecule has 0 radical (unpaired) electrons. The van der Waals surface area contributed by atoms with E-state index in [0.717, 1.165) is 21.0 Å². The van der Waals surface area contributed by atoms with Gasteiger partial charge in [0.1, 0.15) is 21.0 Å². The van der Waals surface area contributed by atoms with Crippen molar-refractivity contribution in [3.05, 3.63) is 0 Å². The number of hydrogen-bond donors (Lipinski definition) is 2. The molecule has 0 bridgehead atoms. The third kappa shape index (κ3) is 25.6. The zero-order valence-electron chi connectivity index (χ0n) is 6.87. The maximum absolute atomic E-state index is 9.52. The lowest BCUT2D eigenvalue weighted by atomic mass is 10.5. The van der Waals surface area contributed by atoms with Gasteiger partial charge in [-0.05, 0) is 0 Å². The van der Waals surface area contributed by atoms with E-state index in [9.17, 15) is 4.79 Å². The summed E-state index contributed by atoms with van der Waals surface area (Å²) < 4.78 is 9.56. The summed E-state index contributed by atoms with van der Waals surface area (Å²) in [5.41, 5.74) is 4.85. The van der Waals surface area contributed by atoms with E-state index < -0.39 is 16.0 Å². The highest BCUT2D eigenvalue weighted by Crippen LogP contribution is 1.67. The number of carboxylic acids is 1. The standard InChI is InChI=1S/C3H7NO2.H8O2Si3/c4-2-1-3(5)6;3-1-5-2-4/h1-2,4H2,(H,5,6);5H2,3-4H3. The van der Waals surface area contributed by atoms with Crippen molar-refractivity contribution in [2.24, 2.45) is 5.73 Å². The van der Waals surface area contributed by atoms with E-state index in [1.165, 1.54) is 0 Å². The molecule has 0 aromatic rings. The fourth-order valence-electron chi connectivity index (χ4n) is 0.241. The molecule has 0 fully saturated rings. The number of hydrogen-bond acceptors (Lipinski definition) is 4. The Kier molecular flexibility index (Phi) is 15.6. The Morgan fingerprint density at radius 3 is 2.00 bits per heavy atom. The van der Waals surface area contributed by atoms with Crippen LogP contribution in [0, 0.1) is 0 Å². The van der Waals surface area contributed by atoms with Crippen molar-refractivity contribution < 1.29 is 18.1 Å². The summed E-state index contributed by atoms with van der Waals surface area (Å²) in [6.07, 6.45) is 0.0694. The first kappa shape index (κ1) is 13.6. The molecule has 0 unspecified atom stereocenters. The summed E-state index contributed by atoms with van der Waals surface area (Å²) >= 11 is 0. The van der Waals surface area contributed by atoms with Gasteiger partial charge in [-0.2, -0.15) is 0 Å². The smallest absolute Gasteiger partial charge is 0.304 e. The average Bonchev–Trinajstić information content (AvgIpc) is 1.90. The van der Waals surface area contributed by atoms with E-state index >= 15 is 0 Å². The molecule has 0 amide bonds. The third-order valence-electron chi connectivity index (χ3n) is 0.594. The van der Waals surface area contributed by atoms with E-state index in [0.29, 0.717) is 0 Å². The Labute approximate surface area is 74.4 Å². The lowest BCUT2D eigenvalue weighted by Gasteiger charge is -1.87. The molecule has 0 aromatic carbocycles. The van der Waals surface area contributed by atoms with E-state index in [2.05, 4.69) is 0 Å². The van der Waals surface area contributed by atoms with Gasteiger partial charge in [-0.3, -0.25) is 4.79 Å². The second-order valence-corrected chi connectivity index (χ2v) is 6.48. The normalized spacial score (nSPS) is 9.91. The predicted molar refractivity (Wildman–Crippen MR) is 51.9 cm³/mol. The first-order chi connectivity index (χ1) is 5.18. The van der Waals surface area contributed by atoms with Gasteiger partial charge in [-0.25, -0.2) is 0 Å². The van der Waals surface area contributed by atoms with Crippen LogP contribution in [0.5, 0.6) is 0 Å². The van der Waals surface area contributed by atoms with Crippen molar-refractivity contribution in [3.8, 4) is 0 Å². The van der Waals surface area contributed by atoms with Crippen molar-refractivity contribution in [3.63, 3.8) is 0 Å². The fourth-order valence-corrected chi connectivity index (χ4v) is 3.31. The molecule has 8 heteroatoms. The van der Waals surface area contributed by atoms with Crippen LogP contribution in [-0.4, -0.2) is 48.6 Å². The number of carbonyl (C=O) groups is 1. The van der Waals surface area contributed by atoms with Crippen molar-refractivity contribution in [2.75, 3.05) is 6.54 Å². The second-order valence-electron chi connectivity index (χ2n) is 1.63. The summed E-state index contributed by atoms with van der Waals surface area (Å²) in [5.74, 6) is -0.836. The monoisotopic (exact) mass is 213 g/mol. The molecule has 5 nitrogen and oxygen atoms in total. The van der Waals surface area contributed by atoms with Crippen LogP contribution < -0.4 is 5.73 Å². The molecule has 0 saturated carbocycles. The first-order valence-corrected chi connectivity index (χ1v) is 5.87. The van der Waals surface area contributed by atoms with Gasteiger partial charge in [0.15, 0.2) is 0 Å². The maximum Gasteiger partial charge on any atom is 0.304 e. The van der Waals surface area contributed by atoms with Crippen LogP contribution in [0.15, 0.2) is 0 Å². The summed E-state index contributed by atoms with van der Waals surface area (Å²) in [4.78, 5) is 9.52. The molecule has 0 rings (SSSR count). The van der Waals surface area contributed by atoms with E-state index in [1.807, 2.05) is 0 Å². The number of carboxylic acid groups (broad SMARTS) is 1. The zero-order chi connectivity index (χ0) is 9.11. The van der Waals surface area contributed by atoms with Crippen molar-refractivity contribution in [2.45, 2.75) is 6.42 Å². The van der Waals surface area contributed by atoms with Gasteiger partial charge in [0.25, 0.3) is 10.0 Å². The molecule has 0 aromatic heterocycles. The van der Waals surface area contributed by atoms with E-state index in [-0.39, 0.29) is 13.0 Å². The number of rotatable bonds is 4. The highest BCUT2D eigenvalue weighted by molar-refractivity contribution is 6.33. The summed E-state index contributed by atoms with van der Waals surface area (Å²) in [6, 6.07) is 0. The molecule has 0 spiro atoms. The Morgan fingerprint density at radius 2 is 2.00 bits per heavy atom. The van der Waals surface area contributed by atoms with Gasteiger partial charge in [0.05, 0.1) is 6.42 Å². The van der Waals surface area contributed by atoms with Gasteiger partial charge in [0.2, 0.25) is 0 Å². The summed E-state index contributed by atoms with van der Waals surface area (Å²) in [6.45, 7) is 0.231. The molecule has 0 saturated heterocycles. The number of nitrogens with two attached hydrogens (primary N) is 1.